The van der Waals surface area contributed by atoms with Gasteiger partial charge in [-0.25, -0.2) is 4.98 Å². The van der Waals surface area contributed by atoms with Crippen molar-refractivity contribution in [1.29, 1.82) is 0 Å². The smallest absolute Gasteiger partial charge is 0.170 e. The van der Waals surface area contributed by atoms with Crippen molar-refractivity contribution < 1.29 is 0 Å². The van der Waals surface area contributed by atoms with E-state index in [2.05, 4.69) is 21.6 Å². The minimum absolute atomic E-state index is 0.895. The Morgan fingerprint density at radius 3 is 2.87 bits per heavy atom. The predicted molar refractivity (Wildman–Crippen MR) is 67.8 cm³/mol. The van der Waals surface area contributed by atoms with E-state index in [1.54, 1.807) is 0 Å². The molecule has 86 valence electrons. The molecule has 0 aliphatic rings. The van der Waals surface area contributed by atoms with Gasteiger partial charge in [-0.15, -0.1) is 0 Å². The van der Waals surface area contributed by atoms with E-state index in [9.17, 15) is 0 Å². The molecule has 0 amide bonds. The highest BCUT2D eigenvalue weighted by Crippen LogP contribution is 2.20. The molecule has 0 radical (unpaired) electrons. The average molecular weight is 245 g/mol. The van der Waals surface area contributed by atoms with Crippen molar-refractivity contribution in [2.75, 3.05) is 18.8 Å². The van der Waals surface area contributed by atoms with Crippen LogP contribution in [0.1, 0.15) is 32.0 Å². The molecular weight excluding hydrogens is 226 g/mol. The quantitative estimate of drug-likeness (QED) is 0.564. The number of unbranched alkanes of at least 4 members (excludes halogenated alkanes) is 1. The molecule has 0 fully saturated rings. The van der Waals surface area contributed by atoms with Gasteiger partial charge in [-0.1, -0.05) is 18.7 Å². The van der Waals surface area contributed by atoms with E-state index in [1.165, 1.54) is 30.8 Å². The van der Waals surface area contributed by atoms with Crippen LogP contribution in [0.15, 0.2) is 4.34 Å². The van der Waals surface area contributed by atoms with Gasteiger partial charge in [0.15, 0.2) is 4.34 Å². The SMILES string of the molecule is CCCNCCCCSc1nc(C)ns1. The lowest BCUT2D eigenvalue weighted by Crippen LogP contribution is -2.15. The molecule has 0 saturated heterocycles. The first-order valence-electron chi connectivity index (χ1n) is 5.46. The van der Waals surface area contributed by atoms with Crippen LogP contribution in [0.25, 0.3) is 0 Å². The van der Waals surface area contributed by atoms with Gasteiger partial charge in [0.25, 0.3) is 0 Å². The highest BCUT2D eigenvalue weighted by Gasteiger charge is 1.99. The summed E-state index contributed by atoms with van der Waals surface area (Å²) in [4.78, 5) is 4.31. The van der Waals surface area contributed by atoms with Gasteiger partial charge < -0.3 is 5.32 Å². The fourth-order valence-corrected chi connectivity index (χ4v) is 2.87. The third-order valence-corrected chi connectivity index (χ3v) is 3.92. The third kappa shape index (κ3) is 6.12. The largest absolute Gasteiger partial charge is 0.317 e. The molecule has 0 saturated carbocycles. The van der Waals surface area contributed by atoms with Gasteiger partial charge in [-0.05, 0) is 50.8 Å². The van der Waals surface area contributed by atoms with Crippen molar-refractivity contribution in [1.82, 2.24) is 14.7 Å². The Balaban J connectivity index is 1.93. The van der Waals surface area contributed by atoms with Crippen LogP contribution < -0.4 is 5.32 Å². The molecule has 0 spiro atoms. The number of hydrogen-bond donors (Lipinski definition) is 1. The fraction of sp³-hybridized carbons (Fsp3) is 0.800. The maximum atomic E-state index is 4.31. The number of rotatable bonds is 8. The number of aryl methyl sites for hydroxylation is 1. The van der Waals surface area contributed by atoms with E-state index in [4.69, 9.17) is 0 Å². The van der Waals surface area contributed by atoms with Crippen LogP contribution in [0.4, 0.5) is 0 Å². The number of hydrogen-bond acceptors (Lipinski definition) is 5. The normalized spacial score (nSPS) is 10.8. The number of aromatic nitrogens is 2. The Kier molecular flexibility index (Phi) is 6.96. The summed E-state index contributed by atoms with van der Waals surface area (Å²) in [7, 11) is 0. The molecule has 0 aliphatic carbocycles. The van der Waals surface area contributed by atoms with Gasteiger partial charge in [0.05, 0.1) is 0 Å². The van der Waals surface area contributed by atoms with E-state index in [0.29, 0.717) is 0 Å². The summed E-state index contributed by atoms with van der Waals surface area (Å²) in [5.74, 6) is 2.05. The summed E-state index contributed by atoms with van der Waals surface area (Å²) in [6.07, 6.45) is 3.73. The maximum Gasteiger partial charge on any atom is 0.170 e. The van der Waals surface area contributed by atoms with Gasteiger partial charge in [0.2, 0.25) is 0 Å². The third-order valence-electron chi connectivity index (χ3n) is 1.91. The van der Waals surface area contributed by atoms with Gasteiger partial charge >= 0.3 is 0 Å². The van der Waals surface area contributed by atoms with Crippen LogP contribution in [-0.2, 0) is 0 Å². The second kappa shape index (κ2) is 8.07. The van der Waals surface area contributed by atoms with Crippen molar-refractivity contribution in [3.05, 3.63) is 5.82 Å². The molecule has 1 heterocycles. The number of thioether (sulfide) groups is 1. The summed E-state index contributed by atoms with van der Waals surface area (Å²) < 4.78 is 5.26. The lowest BCUT2D eigenvalue weighted by atomic mass is 10.3. The molecule has 0 aliphatic heterocycles. The monoisotopic (exact) mass is 245 g/mol. The van der Waals surface area contributed by atoms with E-state index in [1.807, 2.05) is 18.7 Å². The van der Waals surface area contributed by atoms with Gasteiger partial charge in [0, 0.05) is 5.75 Å². The van der Waals surface area contributed by atoms with E-state index in [-0.39, 0.29) is 0 Å². The van der Waals surface area contributed by atoms with Gasteiger partial charge in [-0.3, -0.25) is 0 Å². The Morgan fingerprint density at radius 1 is 1.33 bits per heavy atom. The number of nitrogens with one attached hydrogen (secondary N) is 1. The van der Waals surface area contributed by atoms with Crippen LogP contribution in [0.5, 0.6) is 0 Å². The summed E-state index contributed by atoms with van der Waals surface area (Å²) in [5, 5.41) is 3.40. The van der Waals surface area contributed by atoms with Crippen molar-refractivity contribution in [3.8, 4) is 0 Å². The number of nitrogens with zero attached hydrogens (tertiary/aromatic N) is 2. The molecule has 0 aromatic carbocycles. The summed E-state index contributed by atoms with van der Waals surface area (Å²) >= 11 is 3.33. The van der Waals surface area contributed by atoms with E-state index >= 15 is 0 Å². The minimum Gasteiger partial charge on any atom is -0.317 e. The Morgan fingerprint density at radius 2 is 2.20 bits per heavy atom. The summed E-state index contributed by atoms with van der Waals surface area (Å²) in [5.41, 5.74) is 0. The van der Waals surface area contributed by atoms with E-state index < -0.39 is 0 Å². The lowest BCUT2D eigenvalue weighted by molar-refractivity contribution is 0.635. The van der Waals surface area contributed by atoms with Crippen LogP contribution in [0.3, 0.4) is 0 Å². The topological polar surface area (TPSA) is 37.8 Å². The van der Waals surface area contributed by atoms with Gasteiger partial charge in [-0.2, -0.15) is 4.37 Å². The Labute approximate surface area is 100 Å². The zero-order valence-corrected chi connectivity index (χ0v) is 11.1. The first kappa shape index (κ1) is 12.9. The first-order valence-corrected chi connectivity index (χ1v) is 7.22. The molecule has 1 aromatic rings. The molecule has 0 unspecified atom stereocenters. The molecule has 1 rings (SSSR count). The molecule has 1 N–H and O–H groups in total. The van der Waals surface area contributed by atoms with Crippen LogP contribution in [-0.4, -0.2) is 28.2 Å². The lowest BCUT2D eigenvalue weighted by Gasteiger charge is -2.01. The first-order chi connectivity index (χ1) is 7.33. The zero-order valence-electron chi connectivity index (χ0n) is 9.45. The van der Waals surface area contributed by atoms with Crippen LogP contribution >= 0.6 is 23.3 Å². The van der Waals surface area contributed by atoms with Gasteiger partial charge in [0.1, 0.15) is 5.82 Å². The minimum atomic E-state index is 0.895. The molecule has 1 aromatic heterocycles. The van der Waals surface area contributed by atoms with Crippen molar-refractivity contribution in [2.45, 2.75) is 37.4 Å². The fourth-order valence-electron chi connectivity index (χ4n) is 1.15. The molecule has 15 heavy (non-hydrogen) atoms. The maximum absolute atomic E-state index is 4.31. The average Bonchev–Trinajstić information content (AvgIpc) is 2.63. The zero-order chi connectivity index (χ0) is 10.9. The molecule has 0 atom stereocenters. The summed E-state index contributed by atoms with van der Waals surface area (Å²) in [6.45, 7) is 6.42. The summed E-state index contributed by atoms with van der Waals surface area (Å²) in [6, 6.07) is 0. The molecule has 0 bridgehead atoms. The molecular formula is C10H19N3S2. The standard InChI is InChI=1S/C10H19N3S2/c1-3-6-11-7-4-5-8-14-10-12-9(2)13-15-10/h11H,3-8H2,1-2H3. The van der Waals surface area contributed by atoms with E-state index in [0.717, 1.165) is 29.0 Å². The van der Waals surface area contributed by atoms with Crippen molar-refractivity contribution in [3.63, 3.8) is 0 Å². The predicted octanol–water partition coefficient (Wildman–Crippen LogP) is 2.72. The van der Waals surface area contributed by atoms with Crippen LogP contribution in [0.2, 0.25) is 0 Å². The second-order valence-corrected chi connectivity index (χ2v) is 5.51. The Bertz CT molecular complexity index is 263. The Hall–Kier alpha value is -0.130. The van der Waals surface area contributed by atoms with Crippen molar-refractivity contribution >= 4 is 23.3 Å². The second-order valence-electron chi connectivity index (χ2n) is 3.41. The molecule has 3 nitrogen and oxygen atoms in total. The highest BCUT2D eigenvalue weighted by molar-refractivity contribution is 8.00. The highest BCUT2D eigenvalue weighted by atomic mass is 32.2. The van der Waals surface area contributed by atoms with Crippen molar-refractivity contribution in [2.24, 2.45) is 0 Å². The van der Waals surface area contributed by atoms with Crippen LogP contribution in [0, 0.1) is 6.92 Å². The molecule has 5 heteroatoms.